The summed E-state index contributed by atoms with van der Waals surface area (Å²) in [6, 6.07) is 0.325. The van der Waals surface area contributed by atoms with Gasteiger partial charge in [0.2, 0.25) is 0 Å². The van der Waals surface area contributed by atoms with E-state index in [-0.39, 0.29) is 0 Å². The zero-order valence-electron chi connectivity index (χ0n) is 9.30. The molecule has 0 aromatic carbocycles. The van der Waals surface area contributed by atoms with Crippen molar-refractivity contribution in [2.75, 3.05) is 26.3 Å². The fraction of sp³-hybridized carbons (Fsp3) is 1.00. The lowest BCUT2D eigenvalue weighted by atomic mass is 9.97. The molecule has 1 aliphatic rings. The highest BCUT2D eigenvalue weighted by molar-refractivity contribution is 4.65. The van der Waals surface area contributed by atoms with Gasteiger partial charge in [0.25, 0.3) is 0 Å². The second kappa shape index (κ2) is 7.21. The SMILES string of the molecule is CC(N)CCNCCC1CCOCC1. The molecular weight excluding hydrogens is 176 g/mol. The summed E-state index contributed by atoms with van der Waals surface area (Å²) in [5.74, 6) is 0.881. The summed E-state index contributed by atoms with van der Waals surface area (Å²) in [5, 5.41) is 3.44. The van der Waals surface area contributed by atoms with Crippen molar-refractivity contribution in [2.24, 2.45) is 11.7 Å². The second-order valence-electron chi connectivity index (χ2n) is 4.36. The average Bonchev–Trinajstić information content (AvgIpc) is 2.18. The topological polar surface area (TPSA) is 47.3 Å². The molecule has 1 saturated heterocycles. The first-order valence-corrected chi connectivity index (χ1v) is 5.83. The maximum absolute atomic E-state index is 5.66. The molecule has 3 N–H and O–H groups in total. The largest absolute Gasteiger partial charge is 0.381 e. The van der Waals surface area contributed by atoms with Crippen LogP contribution in [-0.2, 0) is 4.74 Å². The normalized spacial score (nSPS) is 21.0. The standard InChI is InChI=1S/C11H24N2O/c1-10(12)2-6-13-7-3-11-4-8-14-9-5-11/h10-11,13H,2-9,12H2,1H3. The van der Waals surface area contributed by atoms with Crippen LogP contribution in [0.4, 0.5) is 0 Å². The molecule has 0 saturated carbocycles. The highest BCUT2D eigenvalue weighted by Gasteiger charge is 2.12. The smallest absolute Gasteiger partial charge is 0.0468 e. The molecule has 1 rings (SSSR count). The Bertz CT molecular complexity index is 133. The summed E-state index contributed by atoms with van der Waals surface area (Å²) < 4.78 is 5.32. The number of ether oxygens (including phenoxy) is 1. The Balaban J connectivity index is 1.87. The molecule has 0 aromatic heterocycles. The molecule has 0 amide bonds. The lowest BCUT2D eigenvalue weighted by molar-refractivity contribution is 0.0640. The lowest BCUT2D eigenvalue weighted by Crippen LogP contribution is -2.26. The van der Waals surface area contributed by atoms with Crippen LogP contribution < -0.4 is 11.1 Å². The van der Waals surface area contributed by atoms with Crippen molar-refractivity contribution >= 4 is 0 Å². The van der Waals surface area contributed by atoms with Gasteiger partial charge < -0.3 is 15.8 Å². The Morgan fingerprint density at radius 2 is 2.07 bits per heavy atom. The van der Waals surface area contributed by atoms with E-state index in [9.17, 15) is 0 Å². The summed E-state index contributed by atoms with van der Waals surface area (Å²) in [6.45, 7) is 6.17. The molecule has 1 atom stereocenters. The Morgan fingerprint density at radius 1 is 1.36 bits per heavy atom. The van der Waals surface area contributed by atoms with Gasteiger partial charge in [-0.15, -0.1) is 0 Å². The van der Waals surface area contributed by atoms with Gasteiger partial charge in [0.1, 0.15) is 0 Å². The van der Waals surface area contributed by atoms with Gasteiger partial charge in [0.15, 0.2) is 0 Å². The number of rotatable bonds is 6. The monoisotopic (exact) mass is 200 g/mol. The van der Waals surface area contributed by atoms with Crippen molar-refractivity contribution in [2.45, 2.75) is 38.6 Å². The van der Waals surface area contributed by atoms with E-state index in [2.05, 4.69) is 12.2 Å². The van der Waals surface area contributed by atoms with Gasteiger partial charge >= 0.3 is 0 Å². The minimum Gasteiger partial charge on any atom is -0.381 e. The van der Waals surface area contributed by atoms with Gasteiger partial charge in [-0.05, 0) is 51.6 Å². The summed E-state index contributed by atoms with van der Waals surface area (Å²) in [7, 11) is 0. The quantitative estimate of drug-likeness (QED) is 0.632. The molecule has 3 heteroatoms. The first-order chi connectivity index (χ1) is 6.79. The van der Waals surface area contributed by atoms with E-state index >= 15 is 0 Å². The van der Waals surface area contributed by atoms with E-state index in [1.807, 2.05) is 0 Å². The van der Waals surface area contributed by atoms with Crippen LogP contribution in [0.2, 0.25) is 0 Å². The Hall–Kier alpha value is -0.120. The Kier molecular flexibility index (Phi) is 6.15. The molecule has 0 spiro atoms. The van der Waals surface area contributed by atoms with Crippen molar-refractivity contribution in [3.05, 3.63) is 0 Å². The van der Waals surface area contributed by atoms with Crippen LogP contribution in [0.15, 0.2) is 0 Å². The molecule has 3 nitrogen and oxygen atoms in total. The maximum Gasteiger partial charge on any atom is 0.0468 e. The zero-order chi connectivity index (χ0) is 10.2. The molecule has 1 fully saturated rings. The van der Waals surface area contributed by atoms with Gasteiger partial charge in [0, 0.05) is 19.3 Å². The van der Waals surface area contributed by atoms with E-state index in [0.29, 0.717) is 6.04 Å². The molecular formula is C11H24N2O. The number of nitrogens with two attached hydrogens (primary N) is 1. The summed E-state index contributed by atoms with van der Waals surface area (Å²) >= 11 is 0. The number of hydrogen-bond donors (Lipinski definition) is 2. The minimum atomic E-state index is 0.325. The van der Waals surface area contributed by atoms with Crippen molar-refractivity contribution in [3.63, 3.8) is 0 Å². The van der Waals surface area contributed by atoms with Crippen LogP contribution in [-0.4, -0.2) is 32.3 Å². The van der Waals surface area contributed by atoms with Crippen LogP contribution in [0.25, 0.3) is 0 Å². The molecule has 0 bridgehead atoms. The van der Waals surface area contributed by atoms with E-state index < -0.39 is 0 Å². The van der Waals surface area contributed by atoms with E-state index in [1.165, 1.54) is 19.3 Å². The van der Waals surface area contributed by atoms with E-state index in [1.54, 1.807) is 0 Å². The van der Waals surface area contributed by atoms with Crippen LogP contribution in [0, 0.1) is 5.92 Å². The van der Waals surface area contributed by atoms with Crippen LogP contribution >= 0.6 is 0 Å². The molecule has 14 heavy (non-hydrogen) atoms. The lowest BCUT2D eigenvalue weighted by Gasteiger charge is -2.21. The summed E-state index contributed by atoms with van der Waals surface area (Å²) in [4.78, 5) is 0. The predicted molar refractivity (Wildman–Crippen MR) is 59.3 cm³/mol. The molecule has 1 aliphatic heterocycles. The average molecular weight is 200 g/mol. The van der Waals surface area contributed by atoms with Gasteiger partial charge in [-0.1, -0.05) is 0 Å². The first-order valence-electron chi connectivity index (χ1n) is 5.83. The van der Waals surface area contributed by atoms with Crippen LogP contribution in [0.1, 0.15) is 32.6 Å². The summed E-state index contributed by atoms with van der Waals surface area (Å²) in [6.07, 6.45) is 4.86. The van der Waals surface area contributed by atoms with E-state index in [0.717, 1.165) is 38.6 Å². The van der Waals surface area contributed by atoms with Crippen molar-refractivity contribution in [1.29, 1.82) is 0 Å². The Labute approximate surface area is 87.4 Å². The number of nitrogens with one attached hydrogen (secondary N) is 1. The van der Waals surface area contributed by atoms with Crippen molar-refractivity contribution < 1.29 is 4.74 Å². The molecule has 1 heterocycles. The van der Waals surface area contributed by atoms with Crippen LogP contribution in [0.5, 0.6) is 0 Å². The molecule has 1 unspecified atom stereocenters. The van der Waals surface area contributed by atoms with Gasteiger partial charge in [-0.25, -0.2) is 0 Å². The second-order valence-corrected chi connectivity index (χ2v) is 4.36. The van der Waals surface area contributed by atoms with E-state index in [4.69, 9.17) is 10.5 Å². The van der Waals surface area contributed by atoms with Gasteiger partial charge in [0.05, 0.1) is 0 Å². The fourth-order valence-electron chi connectivity index (χ4n) is 1.80. The van der Waals surface area contributed by atoms with Crippen LogP contribution in [0.3, 0.4) is 0 Å². The van der Waals surface area contributed by atoms with Gasteiger partial charge in [-0.2, -0.15) is 0 Å². The molecule has 0 aromatic rings. The summed E-state index contributed by atoms with van der Waals surface area (Å²) in [5.41, 5.74) is 5.66. The number of hydrogen-bond acceptors (Lipinski definition) is 3. The zero-order valence-corrected chi connectivity index (χ0v) is 9.30. The molecule has 84 valence electrons. The van der Waals surface area contributed by atoms with Crippen molar-refractivity contribution in [3.8, 4) is 0 Å². The molecule has 0 radical (unpaired) electrons. The Morgan fingerprint density at radius 3 is 2.71 bits per heavy atom. The fourth-order valence-corrected chi connectivity index (χ4v) is 1.80. The third kappa shape index (κ3) is 5.58. The highest BCUT2D eigenvalue weighted by Crippen LogP contribution is 2.17. The highest BCUT2D eigenvalue weighted by atomic mass is 16.5. The first kappa shape index (κ1) is 12.0. The maximum atomic E-state index is 5.66. The minimum absolute atomic E-state index is 0.325. The van der Waals surface area contributed by atoms with Gasteiger partial charge in [-0.3, -0.25) is 0 Å². The van der Waals surface area contributed by atoms with Crippen molar-refractivity contribution in [1.82, 2.24) is 5.32 Å². The molecule has 0 aliphatic carbocycles. The third-order valence-corrected chi connectivity index (χ3v) is 2.85. The third-order valence-electron chi connectivity index (χ3n) is 2.85. The predicted octanol–water partition coefficient (Wildman–Crippen LogP) is 1.13.